The van der Waals surface area contributed by atoms with Crippen molar-refractivity contribution in [3.8, 4) is 0 Å². The van der Waals surface area contributed by atoms with Gasteiger partial charge in [-0.05, 0) is 51.3 Å². The Kier molecular flexibility index (Phi) is 8.47. The van der Waals surface area contributed by atoms with Crippen molar-refractivity contribution in [2.24, 2.45) is 0 Å². The largest absolute Gasteiger partial charge is 0.519 e. The number of carbonyl (C=O) groups excluding carboxylic acids is 1. The maximum absolute atomic E-state index is 14.4. The van der Waals surface area contributed by atoms with Crippen LogP contribution in [0.15, 0.2) is 30.3 Å². The SMILES string of the molecule is C[Si](C)(C)OC(=O)C(Cc1ccccc1)P(=O)(CN1CCOCC1)O[Si](C)(C)C. The summed E-state index contributed by atoms with van der Waals surface area (Å²) in [7, 11) is -7.66. The van der Waals surface area contributed by atoms with Crippen molar-refractivity contribution in [1.82, 2.24) is 4.90 Å². The van der Waals surface area contributed by atoms with E-state index < -0.39 is 29.7 Å². The van der Waals surface area contributed by atoms with Crippen LogP contribution in [0.4, 0.5) is 0 Å². The molecule has 2 rings (SSSR count). The number of carbonyl (C=O) groups is 1. The second-order valence-electron chi connectivity index (χ2n) is 9.54. The van der Waals surface area contributed by atoms with Gasteiger partial charge in [-0.15, -0.1) is 0 Å². The highest BCUT2D eigenvalue weighted by molar-refractivity contribution is 7.62. The molecule has 9 heteroatoms. The third-order valence-corrected chi connectivity index (χ3v) is 10.7. The third kappa shape index (κ3) is 8.48. The smallest absolute Gasteiger partial charge is 0.305 e. The number of morpholine rings is 1. The van der Waals surface area contributed by atoms with Gasteiger partial charge in [0.1, 0.15) is 5.66 Å². The quantitative estimate of drug-likeness (QED) is 0.405. The van der Waals surface area contributed by atoms with Crippen molar-refractivity contribution in [1.29, 1.82) is 0 Å². The van der Waals surface area contributed by atoms with E-state index in [1.54, 1.807) is 0 Å². The molecule has 1 heterocycles. The number of ether oxygens (including phenoxy) is 1. The number of benzene rings is 1. The van der Waals surface area contributed by atoms with Crippen LogP contribution >= 0.6 is 7.37 Å². The lowest BCUT2D eigenvalue weighted by molar-refractivity contribution is -0.134. The third-order valence-electron chi connectivity index (χ3n) is 4.35. The molecule has 164 valence electrons. The van der Waals surface area contributed by atoms with Crippen LogP contribution in [-0.4, -0.2) is 65.8 Å². The summed E-state index contributed by atoms with van der Waals surface area (Å²) in [6.07, 6.45) is 0.620. The van der Waals surface area contributed by atoms with Gasteiger partial charge in [-0.1, -0.05) is 30.3 Å². The standard InChI is InChI=1S/C20H36NO5PSi2/c1-28(2,3)25-20(22)19(16-18-10-8-7-9-11-18)27(23,26-29(4,5)6)17-21-12-14-24-15-13-21/h7-11,19H,12-17H2,1-6H3. The molecule has 2 unspecified atom stereocenters. The molecule has 0 aliphatic carbocycles. The Morgan fingerprint density at radius 3 is 2.17 bits per heavy atom. The zero-order valence-corrected chi connectivity index (χ0v) is 21.5. The maximum atomic E-state index is 14.4. The number of rotatable bonds is 9. The lowest BCUT2D eigenvalue weighted by Gasteiger charge is -2.37. The van der Waals surface area contributed by atoms with Gasteiger partial charge in [-0.25, -0.2) is 0 Å². The molecule has 0 bridgehead atoms. The Morgan fingerprint density at radius 2 is 1.66 bits per heavy atom. The Balaban J connectivity index is 2.39. The molecule has 29 heavy (non-hydrogen) atoms. The summed E-state index contributed by atoms with van der Waals surface area (Å²) in [5, 5.41) is 0. The molecule has 0 amide bonds. The lowest BCUT2D eigenvalue weighted by atomic mass is 10.1. The van der Waals surface area contributed by atoms with Crippen LogP contribution in [0.2, 0.25) is 39.3 Å². The second kappa shape index (κ2) is 10.0. The van der Waals surface area contributed by atoms with Crippen LogP contribution < -0.4 is 0 Å². The van der Waals surface area contributed by atoms with E-state index in [0.29, 0.717) is 32.7 Å². The van der Waals surface area contributed by atoms with E-state index in [0.717, 1.165) is 5.56 Å². The average molecular weight is 458 g/mol. The molecule has 1 aliphatic rings. The van der Waals surface area contributed by atoms with Gasteiger partial charge in [0.15, 0.2) is 8.32 Å². The minimum Gasteiger partial charge on any atom is -0.519 e. The first kappa shape index (κ1) is 24.5. The topological polar surface area (TPSA) is 65.1 Å². The predicted molar refractivity (Wildman–Crippen MR) is 123 cm³/mol. The van der Waals surface area contributed by atoms with Crippen LogP contribution in [0.3, 0.4) is 0 Å². The zero-order chi connectivity index (χ0) is 21.7. The minimum absolute atomic E-state index is 0.263. The number of nitrogens with zero attached hydrogens (tertiary/aromatic N) is 1. The number of hydrogen-bond donors (Lipinski definition) is 0. The van der Waals surface area contributed by atoms with Gasteiger partial charge < -0.3 is 13.4 Å². The summed E-state index contributed by atoms with van der Waals surface area (Å²) in [5.74, 6) is -0.386. The van der Waals surface area contributed by atoms with Gasteiger partial charge >= 0.3 is 5.97 Å². The highest BCUT2D eigenvalue weighted by Crippen LogP contribution is 2.56. The molecule has 0 radical (unpaired) electrons. The van der Waals surface area contributed by atoms with E-state index >= 15 is 0 Å². The first-order valence-corrected chi connectivity index (χ1v) is 18.9. The van der Waals surface area contributed by atoms with Crippen molar-refractivity contribution >= 4 is 30.0 Å². The fraction of sp³-hybridized carbons (Fsp3) is 0.650. The van der Waals surface area contributed by atoms with Crippen molar-refractivity contribution in [3.05, 3.63) is 35.9 Å². The molecule has 0 N–H and O–H groups in total. The van der Waals surface area contributed by atoms with E-state index in [2.05, 4.69) is 4.90 Å². The van der Waals surface area contributed by atoms with Gasteiger partial charge in [0.05, 0.1) is 19.5 Å². The van der Waals surface area contributed by atoms with Crippen LogP contribution in [-0.2, 0) is 29.2 Å². The highest BCUT2D eigenvalue weighted by Gasteiger charge is 2.45. The maximum Gasteiger partial charge on any atom is 0.305 e. The fourth-order valence-corrected chi connectivity index (χ4v) is 10.5. The average Bonchev–Trinajstić information content (AvgIpc) is 2.58. The summed E-state index contributed by atoms with van der Waals surface area (Å²) < 4.78 is 32.0. The van der Waals surface area contributed by atoms with Crippen molar-refractivity contribution < 1.29 is 22.7 Å². The minimum atomic E-state index is -3.35. The summed E-state index contributed by atoms with van der Waals surface area (Å²) in [4.78, 5) is 15.4. The summed E-state index contributed by atoms with van der Waals surface area (Å²) in [6, 6.07) is 9.72. The molecule has 2 atom stereocenters. The summed E-state index contributed by atoms with van der Waals surface area (Å²) >= 11 is 0. The monoisotopic (exact) mass is 457 g/mol. The Labute approximate surface area is 177 Å². The predicted octanol–water partition coefficient (Wildman–Crippen LogP) is 4.40. The van der Waals surface area contributed by atoms with E-state index in [4.69, 9.17) is 13.4 Å². The Bertz CT molecular complexity index is 712. The molecular weight excluding hydrogens is 421 g/mol. The van der Waals surface area contributed by atoms with Crippen LogP contribution in [0.1, 0.15) is 5.56 Å². The zero-order valence-electron chi connectivity index (χ0n) is 18.6. The van der Waals surface area contributed by atoms with Crippen LogP contribution in [0, 0.1) is 0 Å². The van der Waals surface area contributed by atoms with E-state index in [1.165, 1.54) is 0 Å². The summed E-state index contributed by atoms with van der Waals surface area (Å²) in [6.45, 7) is 14.6. The fourth-order valence-electron chi connectivity index (χ4n) is 3.27. The van der Waals surface area contributed by atoms with Gasteiger partial charge in [0.25, 0.3) is 0 Å². The lowest BCUT2D eigenvalue weighted by Crippen LogP contribution is -2.43. The second-order valence-corrected chi connectivity index (χ2v) is 21.3. The molecule has 1 aromatic carbocycles. The van der Waals surface area contributed by atoms with E-state index in [9.17, 15) is 9.36 Å². The van der Waals surface area contributed by atoms with E-state index in [1.807, 2.05) is 69.6 Å². The molecule has 6 nitrogen and oxygen atoms in total. The molecule has 1 saturated heterocycles. The molecule has 1 fully saturated rings. The van der Waals surface area contributed by atoms with Gasteiger partial charge in [-0.3, -0.25) is 14.3 Å². The molecule has 0 spiro atoms. The highest BCUT2D eigenvalue weighted by atomic mass is 31.2. The Morgan fingerprint density at radius 1 is 1.07 bits per heavy atom. The molecule has 0 saturated carbocycles. The number of hydrogen-bond acceptors (Lipinski definition) is 6. The van der Waals surface area contributed by atoms with Crippen LogP contribution in [0.5, 0.6) is 0 Å². The summed E-state index contributed by atoms with van der Waals surface area (Å²) in [5.41, 5.74) is 0.164. The first-order valence-electron chi connectivity index (χ1n) is 10.2. The molecule has 1 aromatic rings. The molecule has 0 aromatic heterocycles. The van der Waals surface area contributed by atoms with Crippen molar-refractivity contribution in [2.45, 2.75) is 51.4 Å². The molecular formula is C20H36NO5PSi2. The van der Waals surface area contributed by atoms with Gasteiger partial charge in [0.2, 0.25) is 15.7 Å². The van der Waals surface area contributed by atoms with Crippen LogP contribution in [0.25, 0.3) is 0 Å². The normalized spacial score (nSPS) is 19.4. The van der Waals surface area contributed by atoms with Gasteiger partial charge in [-0.2, -0.15) is 0 Å². The Hall–Kier alpha value is -0.766. The molecule has 1 aliphatic heterocycles. The van der Waals surface area contributed by atoms with E-state index in [-0.39, 0.29) is 12.3 Å². The van der Waals surface area contributed by atoms with Crippen molar-refractivity contribution in [3.63, 3.8) is 0 Å². The van der Waals surface area contributed by atoms with Crippen molar-refractivity contribution in [2.75, 3.05) is 32.6 Å². The van der Waals surface area contributed by atoms with Gasteiger partial charge in [0, 0.05) is 13.1 Å². The first-order chi connectivity index (χ1) is 13.4.